The third-order valence-corrected chi connectivity index (χ3v) is 3.84. The Balaban J connectivity index is 2.29. The Bertz CT molecular complexity index is 704. The fourth-order valence-corrected chi connectivity index (χ4v) is 2.44. The second kappa shape index (κ2) is 5.46. The lowest BCUT2D eigenvalue weighted by molar-refractivity contribution is 0.458. The summed E-state index contributed by atoms with van der Waals surface area (Å²) in [5.41, 5.74) is 0. The Hall–Kier alpha value is -1.15. The normalized spacial score (nSPS) is 11.3. The molecule has 8 heteroatoms. The van der Waals surface area contributed by atoms with Gasteiger partial charge in [0.1, 0.15) is 10.6 Å². The van der Waals surface area contributed by atoms with Gasteiger partial charge in [-0.1, -0.05) is 11.6 Å². The highest BCUT2D eigenvalue weighted by molar-refractivity contribution is 9.10. The van der Waals surface area contributed by atoms with Crippen molar-refractivity contribution in [2.75, 3.05) is 0 Å². The molecule has 2 aromatic rings. The van der Waals surface area contributed by atoms with E-state index in [1.54, 1.807) is 24.3 Å². The van der Waals surface area contributed by atoms with Crippen LogP contribution in [0.25, 0.3) is 0 Å². The molecule has 0 unspecified atom stereocenters. The van der Waals surface area contributed by atoms with Crippen molar-refractivity contribution in [3.63, 3.8) is 0 Å². The molecule has 19 heavy (non-hydrogen) atoms. The molecule has 2 rings (SSSR count). The number of hydrogen-bond donors (Lipinski definition) is 1. The molecule has 5 nitrogen and oxygen atoms in total. The highest BCUT2D eigenvalue weighted by Crippen LogP contribution is 2.29. The lowest BCUT2D eigenvalue weighted by Gasteiger charge is -2.07. The van der Waals surface area contributed by atoms with Crippen LogP contribution in [0.2, 0.25) is 5.02 Å². The van der Waals surface area contributed by atoms with E-state index in [4.69, 9.17) is 21.5 Å². The first kappa shape index (κ1) is 14.3. The van der Waals surface area contributed by atoms with Gasteiger partial charge in [0.2, 0.25) is 15.9 Å². The van der Waals surface area contributed by atoms with Crippen LogP contribution in [0.5, 0.6) is 11.6 Å². The monoisotopic (exact) mass is 362 g/mol. The average Bonchev–Trinajstić information content (AvgIpc) is 2.33. The van der Waals surface area contributed by atoms with Gasteiger partial charge in [-0.05, 0) is 46.3 Å². The van der Waals surface area contributed by atoms with Crippen molar-refractivity contribution in [2.24, 2.45) is 5.14 Å². The minimum Gasteiger partial charge on any atom is -0.438 e. The zero-order valence-corrected chi connectivity index (χ0v) is 12.5. The van der Waals surface area contributed by atoms with Gasteiger partial charge in [-0.2, -0.15) is 0 Å². The molecule has 1 aromatic heterocycles. The van der Waals surface area contributed by atoms with E-state index in [1.165, 1.54) is 6.07 Å². The maximum absolute atomic E-state index is 11.2. The first-order valence-electron chi connectivity index (χ1n) is 4.98. The second-order valence-electron chi connectivity index (χ2n) is 3.56. The van der Waals surface area contributed by atoms with Crippen LogP contribution in [0, 0.1) is 0 Å². The number of hydrogen-bond acceptors (Lipinski definition) is 4. The van der Waals surface area contributed by atoms with E-state index in [0.717, 1.165) is 6.20 Å². The molecule has 0 amide bonds. The van der Waals surface area contributed by atoms with Crippen LogP contribution in [0.4, 0.5) is 0 Å². The maximum Gasteiger partial charge on any atom is 0.239 e. The van der Waals surface area contributed by atoms with E-state index >= 15 is 0 Å². The van der Waals surface area contributed by atoms with Crippen molar-refractivity contribution in [1.29, 1.82) is 0 Å². The number of ether oxygens (including phenoxy) is 1. The molecule has 1 heterocycles. The zero-order chi connectivity index (χ0) is 14.0. The molecule has 0 fully saturated rings. The molecule has 0 saturated carbocycles. The summed E-state index contributed by atoms with van der Waals surface area (Å²) in [7, 11) is -3.79. The van der Waals surface area contributed by atoms with Crippen molar-refractivity contribution in [2.45, 2.75) is 4.90 Å². The predicted molar refractivity (Wildman–Crippen MR) is 74.8 cm³/mol. The molecule has 0 aliphatic rings. The number of nitrogens with two attached hydrogens (primary N) is 1. The topological polar surface area (TPSA) is 82.3 Å². The first-order valence-corrected chi connectivity index (χ1v) is 7.70. The van der Waals surface area contributed by atoms with Crippen molar-refractivity contribution < 1.29 is 13.2 Å². The zero-order valence-electron chi connectivity index (χ0n) is 9.38. The lowest BCUT2D eigenvalue weighted by atomic mass is 10.3. The van der Waals surface area contributed by atoms with Gasteiger partial charge in [0.15, 0.2) is 0 Å². The average molecular weight is 364 g/mol. The van der Waals surface area contributed by atoms with Gasteiger partial charge in [0.05, 0.1) is 10.7 Å². The van der Waals surface area contributed by atoms with Crippen molar-refractivity contribution in [1.82, 2.24) is 4.98 Å². The molecule has 0 saturated heterocycles. The van der Waals surface area contributed by atoms with E-state index in [0.29, 0.717) is 15.2 Å². The summed E-state index contributed by atoms with van der Waals surface area (Å²) in [6.07, 6.45) is 1.13. The van der Waals surface area contributed by atoms with Gasteiger partial charge in [-0.3, -0.25) is 0 Å². The third-order valence-electron chi connectivity index (χ3n) is 2.14. The fraction of sp³-hybridized carbons (Fsp3) is 0. The van der Waals surface area contributed by atoms with Gasteiger partial charge < -0.3 is 4.74 Å². The summed E-state index contributed by atoms with van der Waals surface area (Å²) in [6.45, 7) is 0. The molecule has 0 atom stereocenters. The van der Waals surface area contributed by atoms with E-state index in [2.05, 4.69) is 20.9 Å². The van der Waals surface area contributed by atoms with Crippen LogP contribution in [0.1, 0.15) is 0 Å². The fourth-order valence-electron chi connectivity index (χ4n) is 1.25. The van der Waals surface area contributed by atoms with Crippen LogP contribution < -0.4 is 9.88 Å². The third kappa shape index (κ3) is 3.66. The van der Waals surface area contributed by atoms with Crippen LogP contribution in [-0.2, 0) is 10.0 Å². The molecule has 0 spiro atoms. The van der Waals surface area contributed by atoms with E-state index in [9.17, 15) is 8.42 Å². The molecule has 0 radical (unpaired) electrons. The molecule has 100 valence electrons. The van der Waals surface area contributed by atoms with Crippen LogP contribution >= 0.6 is 27.5 Å². The van der Waals surface area contributed by atoms with Crippen LogP contribution in [0.3, 0.4) is 0 Å². The smallest absolute Gasteiger partial charge is 0.239 e. The Morgan fingerprint density at radius 3 is 2.42 bits per heavy atom. The van der Waals surface area contributed by atoms with Gasteiger partial charge in [-0.25, -0.2) is 18.5 Å². The number of benzene rings is 1. The Morgan fingerprint density at radius 1 is 1.26 bits per heavy atom. The quantitative estimate of drug-likeness (QED) is 0.909. The number of aromatic nitrogens is 1. The standard InChI is InChI=1S/C11H8BrClN2O3S/c12-10-5-9(19(14,16)17)6-15-11(10)18-8-3-1-7(13)2-4-8/h1-6H,(H2,14,16,17). The second-order valence-corrected chi connectivity index (χ2v) is 6.41. The number of pyridine rings is 1. The Morgan fingerprint density at radius 2 is 1.89 bits per heavy atom. The van der Waals surface area contributed by atoms with Crippen LogP contribution in [0.15, 0.2) is 45.9 Å². The van der Waals surface area contributed by atoms with Gasteiger partial charge in [0, 0.05) is 5.02 Å². The minimum absolute atomic E-state index is 0.0946. The molecule has 1 aromatic carbocycles. The van der Waals surface area contributed by atoms with Gasteiger partial charge in [-0.15, -0.1) is 0 Å². The largest absolute Gasteiger partial charge is 0.438 e. The number of rotatable bonds is 3. The lowest BCUT2D eigenvalue weighted by Crippen LogP contribution is -2.12. The first-order chi connectivity index (χ1) is 8.86. The maximum atomic E-state index is 11.2. The Labute approximate surface area is 123 Å². The summed E-state index contributed by atoms with van der Waals surface area (Å²) >= 11 is 8.93. The van der Waals surface area contributed by atoms with Crippen molar-refractivity contribution >= 4 is 37.6 Å². The van der Waals surface area contributed by atoms with Crippen molar-refractivity contribution in [3.05, 3.63) is 46.0 Å². The molecule has 2 N–H and O–H groups in total. The molecular formula is C11H8BrClN2O3S. The SMILES string of the molecule is NS(=O)(=O)c1cnc(Oc2ccc(Cl)cc2)c(Br)c1. The number of nitrogens with zero attached hydrogens (tertiary/aromatic N) is 1. The summed E-state index contributed by atoms with van der Waals surface area (Å²) in [6, 6.07) is 8.01. The molecule has 0 aliphatic carbocycles. The number of primary sulfonamides is 1. The molecule has 0 aliphatic heterocycles. The van der Waals surface area contributed by atoms with E-state index in [-0.39, 0.29) is 10.8 Å². The number of sulfonamides is 1. The predicted octanol–water partition coefficient (Wildman–Crippen LogP) is 2.94. The molecular weight excluding hydrogens is 356 g/mol. The summed E-state index contributed by atoms with van der Waals surface area (Å²) in [4.78, 5) is 3.81. The number of halogens is 2. The van der Waals surface area contributed by atoms with E-state index < -0.39 is 10.0 Å². The van der Waals surface area contributed by atoms with Crippen LogP contribution in [-0.4, -0.2) is 13.4 Å². The van der Waals surface area contributed by atoms with Gasteiger partial charge in [0.25, 0.3) is 0 Å². The molecule has 0 bridgehead atoms. The minimum atomic E-state index is -3.79. The summed E-state index contributed by atoms with van der Waals surface area (Å²) in [5, 5.41) is 5.59. The highest BCUT2D eigenvalue weighted by atomic mass is 79.9. The van der Waals surface area contributed by atoms with E-state index in [1.807, 2.05) is 0 Å². The van der Waals surface area contributed by atoms with Crippen molar-refractivity contribution in [3.8, 4) is 11.6 Å². The summed E-state index contributed by atoms with van der Waals surface area (Å²) < 4.78 is 28.2. The van der Waals surface area contributed by atoms with Gasteiger partial charge >= 0.3 is 0 Å². The Kier molecular flexibility index (Phi) is 4.10. The summed E-state index contributed by atoms with van der Waals surface area (Å²) in [5.74, 6) is 0.760. The highest BCUT2D eigenvalue weighted by Gasteiger charge is 2.12.